The molecular formula is C124H207FN6O12. The van der Waals surface area contributed by atoms with Gasteiger partial charge in [0.05, 0.1) is 79.1 Å². The summed E-state index contributed by atoms with van der Waals surface area (Å²) >= 11 is 0. The molecule has 22 unspecified atom stereocenters. The van der Waals surface area contributed by atoms with Gasteiger partial charge in [-0.3, -0.25) is 0 Å². The highest BCUT2D eigenvalue weighted by molar-refractivity contribution is 5.38. The third-order valence-corrected chi connectivity index (χ3v) is 53.2. The van der Waals surface area contributed by atoms with Crippen LogP contribution in [-0.4, -0.2) is 171 Å². The SMILES string of the molecule is C/C(F)=C1/CCC2C3C(CC[C@]12C)[C@@]1(C)CC[C@@H](N)CC1[C@@H](O)[C@@H]3O.C/C=C1/CCC2C3C(CC[C@]12C)[C@@]1(C)CC[C@H](N)CC1[C@@H](O)[C@@H]3O.C=C1CCC2C3C(CC[C@]12C)[C@@]1(C)CC[C@H](N)CC1[C@@H](O)[C@@H]3O.CC1(C)CCC2=C1CCC1C2[C@@H](O)[C@H](O)C2C[C@@H](N)CC[C@]12C.CC[C@H]1CCC2C3C(CC[C@@]21C)[C@@]1(C)CC[C@@H](N)CC1[C@@H](O)[C@@H]3O.CC[C@]1(C)CCC2=C1CCC1C2[C@@H](O)[C@H](O)C2C[C@@H](N)CC[C@]12C. The van der Waals surface area contributed by atoms with Crippen molar-refractivity contribution in [1.29, 1.82) is 0 Å². The molecular weight excluding hydrogens is 1780 g/mol. The van der Waals surface area contributed by atoms with E-state index in [1.165, 1.54) is 132 Å². The molecule has 20 fully saturated rings. The molecule has 143 heavy (non-hydrogen) atoms. The van der Waals surface area contributed by atoms with E-state index in [1.54, 1.807) is 23.6 Å². The van der Waals surface area contributed by atoms with Crippen LogP contribution in [0.1, 0.15) is 400 Å². The van der Waals surface area contributed by atoms with Crippen molar-refractivity contribution in [3.8, 4) is 0 Å². The highest BCUT2D eigenvalue weighted by Crippen LogP contribution is 2.76. The van der Waals surface area contributed by atoms with Gasteiger partial charge in [0.1, 0.15) is 0 Å². The number of halogens is 1. The molecule has 52 atom stereocenters. The summed E-state index contributed by atoms with van der Waals surface area (Å²) in [5.74, 6) is 7.97. The second kappa shape index (κ2) is 39.4. The van der Waals surface area contributed by atoms with Gasteiger partial charge in [0.25, 0.3) is 0 Å². The molecule has 0 bridgehead atoms. The monoisotopic (exact) mass is 1990 g/mol. The van der Waals surface area contributed by atoms with Crippen molar-refractivity contribution in [2.45, 2.75) is 510 Å². The van der Waals surface area contributed by atoms with E-state index in [1.807, 2.05) is 0 Å². The molecule has 19 heteroatoms. The molecule has 24 aliphatic rings. The van der Waals surface area contributed by atoms with Crippen LogP contribution in [0.3, 0.4) is 0 Å². The van der Waals surface area contributed by atoms with Crippen molar-refractivity contribution in [2.75, 3.05) is 0 Å². The van der Waals surface area contributed by atoms with Crippen LogP contribution >= 0.6 is 0 Å². The Balaban J connectivity index is 0.000000109. The number of allylic oxidation sites excluding steroid dienone is 7. The van der Waals surface area contributed by atoms with Crippen molar-refractivity contribution in [3.63, 3.8) is 0 Å². The molecule has 0 amide bonds. The van der Waals surface area contributed by atoms with Crippen LogP contribution in [0, 0.1) is 201 Å². The van der Waals surface area contributed by atoms with Gasteiger partial charge in [-0.05, 0) is 485 Å². The van der Waals surface area contributed by atoms with E-state index in [9.17, 15) is 65.7 Å². The first-order chi connectivity index (χ1) is 67.2. The normalized spacial score (nSPS) is 57.0. The summed E-state index contributed by atoms with van der Waals surface area (Å²) in [7, 11) is 0. The minimum Gasteiger partial charge on any atom is -0.390 e. The van der Waals surface area contributed by atoms with Gasteiger partial charge < -0.3 is 95.7 Å². The molecule has 18 nitrogen and oxygen atoms in total. The lowest BCUT2D eigenvalue weighted by Gasteiger charge is -2.63. The van der Waals surface area contributed by atoms with Gasteiger partial charge in [0.15, 0.2) is 0 Å². The van der Waals surface area contributed by atoms with E-state index in [-0.39, 0.29) is 167 Å². The number of hydrogen-bond acceptors (Lipinski definition) is 18. The maximum absolute atomic E-state index is 14.2. The Kier molecular flexibility index (Phi) is 30.1. The predicted molar refractivity (Wildman–Crippen MR) is 568 cm³/mol. The molecule has 0 heterocycles. The van der Waals surface area contributed by atoms with Crippen molar-refractivity contribution >= 4 is 0 Å². The van der Waals surface area contributed by atoms with E-state index >= 15 is 0 Å². The molecule has 0 aliphatic heterocycles. The third kappa shape index (κ3) is 17.1. The third-order valence-electron chi connectivity index (χ3n) is 53.2. The van der Waals surface area contributed by atoms with Crippen molar-refractivity contribution in [2.24, 2.45) is 235 Å². The molecule has 0 spiro atoms. The van der Waals surface area contributed by atoms with Crippen LogP contribution in [0.25, 0.3) is 0 Å². The fourth-order valence-electron chi connectivity index (χ4n) is 44.4. The zero-order valence-electron chi connectivity index (χ0n) is 92.3. The quantitative estimate of drug-likeness (QED) is 0.114. The molecule has 812 valence electrons. The molecule has 24 aliphatic carbocycles. The zero-order chi connectivity index (χ0) is 103. The Hall–Kier alpha value is -2.09. The van der Waals surface area contributed by atoms with Crippen LogP contribution in [0.15, 0.2) is 57.5 Å². The van der Waals surface area contributed by atoms with Crippen LogP contribution in [0.4, 0.5) is 4.39 Å². The number of nitrogens with two attached hydrogens (primary N) is 6. The molecule has 20 saturated carbocycles. The standard InChI is InChI=1S/C21H34FNO2.C21H35NO2.C21H37NO2.C21H35NO2.2C20H33NO2/c1-11(22)13-4-5-14-17-15(7-9-20(13,14)2)21(3)8-6-12(23)10-16(21)18(24)19(17)25;1-4-20(2)9-8-13-14(20)5-6-15-17(13)19(24)18(23)16-11-12(22)7-10-21(15,16)3;2*1-4-12-5-6-14-17-15(8-10-20(12,14)2)21(3)9-7-13(22)11-16(21)18(23)19(17)24;1-19(2)8-7-12-13(19)4-5-14-16(12)18(23)17(22)15-10-11(21)6-9-20(14,15)3;1-11-4-5-13-16-14(7-9-19(11,13)2)20(3)8-6-12(21)10-15(20)17(22)18(16)23/h12,14-19,24-25H,4-10,23H2,1-3H3;12,15-19,23-24H,4-11,22H2,1-3H3;12-19,23-24H,4-11,22H2,1-3H3;4,13-19,23-24H,5-11,22H2,1-3H3;11,14-18,22-23H,4-10,21H2,1-3H3;12-18,22-23H,1,4-10,21H2,2-3H3/b13-11+;;;12-4-;;/t12-,14?,15?,16?,17?,18-,19-,20-,21-;12-,15?,16?,17?,18+,19+,20+,21+;12-,13+,14?,15?,16?,17?,18+,19+,20+,21+;13-,14?,15?,16?,17?,18+,19+,20+,21+;11-,14?,15?,16?,17+,18+,20+;12-,13?,14?,15?,16?,17+,18+,19+,20+/m100000/s1. The smallest absolute Gasteiger partial charge is 0.0966 e. The summed E-state index contributed by atoms with van der Waals surface area (Å²) in [5, 5.41) is 132. The second-order valence-electron chi connectivity index (χ2n) is 58.7. The lowest BCUT2D eigenvalue weighted by atomic mass is 9.43. The van der Waals surface area contributed by atoms with Gasteiger partial charge in [-0.25, -0.2) is 4.39 Å². The van der Waals surface area contributed by atoms with Gasteiger partial charge in [0, 0.05) is 48.1 Å². The second-order valence-corrected chi connectivity index (χ2v) is 58.7. The largest absolute Gasteiger partial charge is 0.390 e. The number of fused-ring (bicyclic) bond motifs is 28. The van der Waals surface area contributed by atoms with Gasteiger partial charge in [-0.2, -0.15) is 0 Å². The molecule has 0 aromatic carbocycles. The Morgan fingerprint density at radius 2 is 0.601 bits per heavy atom. The van der Waals surface area contributed by atoms with Crippen LogP contribution in [0.5, 0.6) is 0 Å². The Bertz CT molecular complexity index is 4730. The average molecular weight is 1990 g/mol. The lowest BCUT2D eigenvalue weighted by Crippen LogP contribution is -2.64. The minimum absolute atomic E-state index is 0.0259. The molecule has 0 radical (unpaired) electrons. The highest BCUT2D eigenvalue weighted by atomic mass is 19.1. The summed E-state index contributed by atoms with van der Waals surface area (Å²) in [5.41, 5.74) is 49.5. The fraction of sp³-hybridized carbons (Fsp3) is 0.919. The van der Waals surface area contributed by atoms with Gasteiger partial charge in [-0.15, -0.1) is 0 Å². The number of aliphatic hydroxyl groups excluding tert-OH is 12. The number of hydrogen-bond donors (Lipinski definition) is 18. The van der Waals surface area contributed by atoms with Crippen LogP contribution < -0.4 is 34.4 Å². The number of rotatable bonds is 2. The maximum atomic E-state index is 14.2. The summed E-state index contributed by atoms with van der Waals surface area (Å²) in [6.45, 7) is 43.6. The van der Waals surface area contributed by atoms with Gasteiger partial charge in [-0.1, -0.05) is 156 Å². The van der Waals surface area contributed by atoms with E-state index in [0.717, 1.165) is 178 Å². The first kappa shape index (κ1) is 109. The van der Waals surface area contributed by atoms with E-state index in [0.29, 0.717) is 70.0 Å². The topological polar surface area (TPSA) is 399 Å². The van der Waals surface area contributed by atoms with Crippen molar-refractivity contribution in [3.05, 3.63) is 57.5 Å². The minimum atomic E-state index is -0.697. The first-order valence-corrected chi connectivity index (χ1v) is 60.1. The van der Waals surface area contributed by atoms with E-state index < -0.39 is 73.2 Å². The average Bonchev–Trinajstić information content (AvgIpc) is 1.71. The maximum Gasteiger partial charge on any atom is 0.0966 e. The summed E-state index contributed by atoms with van der Waals surface area (Å²) in [4.78, 5) is 0. The molecule has 0 aromatic heterocycles. The molecule has 0 saturated heterocycles. The summed E-state index contributed by atoms with van der Waals surface area (Å²) in [6.07, 6.45) is 43.4. The zero-order valence-corrected chi connectivity index (χ0v) is 92.3. The molecule has 0 aromatic rings. The van der Waals surface area contributed by atoms with Crippen molar-refractivity contribution < 1.29 is 65.7 Å². The molecule has 24 N–H and O–H groups in total. The van der Waals surface area contributed by atoms with E-state index in [4.69, 9.17) is 34.4 Å². The van der Waals surface area contributed by atoms with Crippen molar-refractivity contribution in [1.82, 2.24) is 0 Å². The first-order valence-electron chi connectivity index (χ1n) is 60.1. The van der Waals surface area contributed by atoms with Crippen LogP contribution in [-0.2, 0) is 0 Å². The predicted octanol–water partition coefficient (Wildman–Crippen LogP) is 19.4. The fourth-order valence-corrected chi connectivity index (χ4v) is 44.4. The van der Waals surface area contributed by atoms with Gasteiger partial charge in [0.2, 0.25) is 0 Å². The lowest BCUT2D eigenvalue weighted by molar-refractivity contribution is -0.215. The Labute approximate surface area is 863 Å². The Morgan fingerprint density at radius 3 is 0.986 bits per heavy atom. The van der Waals surface area contributed by atoms with E-state index in [2.05, 4.69) is 123 Å². The summed E-state index contributed by atoms with van der Waals surface area (Å²) < 4.78 is 14.2. The van der Waals surface area contributed by atoms with Gasteiger partial charge >= 0.3 is 0 Å². The number of aliphatic hydroxyl groups is 12. The highest BCUT2D eigenvalue weighted by Gasteiger charge is 2.72. The van der Waals surface area contributed by atoms with Crippen LogP contribution in [0.2, 0.25) is 0 Å². The molecule has 24 rings (SSSR count). The Morgan fingerprint density at radius 1 is 0.301 bits per heavy atom. The summed E-state index contributed by atoms with van der Waals surface area (Å²) in [6, 6.07) is 1.10.